The molecule has 21 heavy (non-hydrogen) atoms. The molecule has 3 aromatic rings. The normalized spacial score (nSPS) is 11.2. The minimum atomic E-state index is -0.354. The van der Waals surface area contributed by atoms with E-state index in [2.05, 4.69) is 20.3 Å². The third-order valence-electron chi connectivity index (χ3n) is 2.80. The number of benzene rings is 1. The highest BCUT2D eigenvalue weighted by molar-refractivity contribution is 5.59. The molecule has 0 aliphatic carbocycles. The summed E-state index contributed by atoms with van der Waals surface area (Å²) >= 11 is 0. The Labute approximate surface area is 119 Å². The van der Waals surface area contributed by atoms with Crippen LogP contribution in [0.4, 0.5) is 5.95 Å². The number of nitrogen functional groups attached to an aromatic ring is 1. The number of ether oxygens (including phenoxy) is 1. The topological polar surface area (TPSA) is 111 Å². The van der Waals surface area contributed by atoms with Crippen molar-refractivity contribution in [3.05, 3.63) is 34.6 Å². The zero-order valence-electron chi connectivity index (χ0n) is 11.6. The maximum atomic E-state index is 12.0. The number of hydrogen-bond donors (Lipinski definition) is 2. The van der Waals surface area contributed by atoms with Gasteiger partial charge in [-0.25, -0.2) is 0 Å². The number of H-pyrrole nitrogens is 1. The van der Waals surface area contributed by atoms with Gasteiger partial charge in [-0.3, -0.25) is 9.78 Å². The third-order valence-corrected chi connectivity index (χ3v) is 2.80. The first kappa shape index (κ1) is 13.1. The van der Waals surface area contributed by atoms with Crippen LogP contribution < -0.4 is 16.0 Å². The van der Waals surface area contributed by atoms with E-state index >= 15 is 0 Å². The first-order chi connectivity index (χ1) is 10.0. The average molecular weight is 286 g/mol. The summed E-state index contributed by atoms with van der Waals surface area (Å²) in [5.41, 5.74) is 6.18. The largest absolute Gasteiger partial charge is 0.491 e. The number of nitrogens with zero attached hydrogens (tertiary/aromatic N) is 4. The van der Waals surface area contributed by atoms with Crippen LogP contribution in [0.2, 0.25) is 0 Å². The summed E-state index contributed by atoms with van der Waals surface area (Å²) in [4.78, 5) is 14.6. The molecular weight excluding hydrogens is 272 g/mol. The molecule has 0 bridgehead atoms. The first-order valence-electron chi connectivity index (χ1n) is 6.43. The molecule has 1 aromatic carbocycles. The van der Waals surface area contributed by atoms with Gasteiger partial charge in [0.1, 0.15) is 5.75 Å². The molecule has 0 fully saturated rings. The lowest BCUT2D eigenvalue weighted by Gasteiger charge is -2.09. The zero-order chi connectivity index (χ0) is 15.0. The van der Waals surface area contributed by atoms with Gasteiger partial charge in [0.25, 0.3) is 11.3 Å². The van der Waals surface area contributed by atoms with Gasteiger partial charge in [-0.05, 0) is 38.1 Å². The van der Waals surface area contributed by atoms with Crippen LogP contribution in [0.15, 0.2) is 29.1 Å². The Balaban J connectivity index is 2.05. The summed E-state index contributed by atoms with van der Waals surface area (Å²) in [6, 6.07) is 7.11. The smallest absolute Gasteiger partial charge is 0.279 e. The number of aromatic nitrogens is 5. The highest BCUT2D eigenvalue weighted by Crippen LogP contribution is 2.19. The van der Waals surface area contributed by atoms with Crippen LogP contribution in [-0.2, 0) is 0 Å². The van der Waals surface area contributed by atoms with Crippen molar-refractivity contribution in [2.24, 2.45) is 0 Å². The second kappa shape index (κ2) is 4.89. The minimum Gasteiger partial charge on any atom is -0.491 e. The van der Waals surface area contributed by atoms with E-state index in [0.29, 0.717) is 5.56 Å². The molecule has 0 spiro atoms. The predicted octanol–water partition coefficient (Wildman–Crippen LogP) is 0.849. The zero-order valence-corrected chi connectivity index (χ0v) is 11.6. The molecule has 0 aliphatic rings. The van der Waals surface area contributed by atoms with Crippen molar-refractivity contribution in [3.8, 4) is 17.0 Å². The Bertz CT molecular complexity index is 834. The fourth-order valence-electron chi connectivity index (χ4n) is 1.93. The summed E-state index contributed by atoms with van der Waals surface area (Å²) in [7, 11) is 0. The third kappa shape index (κ3) is 2.42. The first-order valence-corrected chi connectivity index (χ1v) is 6.43. The highest BCUT2D eigenvalue weighted by atomic mass is 16.5. The van der Waals surface area contributed by atoms with Crippen molar-refractivity contribution in [1.82, 2.24) is 24.8 Å². The molecule has 0 aliphatic heterocycles. The Morgan fingerprint density at radius 2 is 1.95 bits per heavy atom. The Hall–Kier alpha value is -2.90. The second-order valence-corrected chi connectivity index (χ2v) is 4.79. The molecule has 0 unspecified atom stereocenters. The second-order valence-electron chi connectivity index (χ2n) is 4.79. The summed E-state index contributed by atoms with van der Waals surface area (Å²) in [6.07, 6.45) is 0.0885. The molecule has 3 rings (SSSR count). The van der Waals surface area contributed by atoms with Gasteiger partial charge < -0.3 is 10.5 Å². The number of aromatic amines is 1. The van der Waals surface area contributed by atoms with Gasteiger partial charge in [-0.15, -0.1) is 10.2 Å². The molecule has 8 nitrogen and oxygen atoms in total. The molecule has 2 heterocycles. The van der Waals surface area contributed by atoms with E-state index in [1.807, 2.05) is 13.8 Å². The van der Waals surface area contributed by atoms with Crippen LogP contribution in [0.25, 0.3) is 17.0 Å². The summed E-state index contributed by atoms with van der Waals surface area (Å²) in [6.45, 7) is 3.89. The Morgan fingerprint density at radius 3 is 2.62 bits per heavy atom. The van der Waals surface area contributed by atoms with E-state index in [-0.39, 0.29) is 29.1 Å². The SMILES string of the molecule is CC(C)Oc1ccc(-c2nn3c(N)nnc3[nH]c2=O)cc1. The molecule has 0 saturated heterocycles. The van der Waals surface area contributed by atoms with Gasteiger partial charge in [0, 0.05) is 5.56 Å². The van der Waals surface area contributed by atoms with Crippen LogP contribution in [0.3, 0.4) is 0 Å². The summed E-state index contributed by atoms with van der Waals surface area (Å²) in [5, 5.41) is 11.5. The molecule has 2 aromatic heterocycles. The van der Waals surface area contributed by atoms with Crippen LogP contribution in [-0.4, -0.2) is 30.9 Å². The van der Waals surface area contributed by atoms with Crippen molar-refractivity contribution in [3.63, 3.8) is 0 Å². The van der Waals surface area contributed by atoms with Crippen molar-refractivity contribution in [2.45, 2.75) is 20.0 Å². The average Bonchev–Trinajstić information content (AvgIpc) is 2.79. The van der Waals surface area contributed by atoms with Crippen LogP contribution >= 0.6 is 0 Å². The Morgan fingerprint density at radius 1 is 1.24 bits per heavy atom. The van der Waals surface area contributed by atoms with Crippen LogP contribution in [0, 0.1) is 0 Å². The molecular formula is C13H14N6O2. The minimum absolute atomic E-state index is 0.0885. The number of nitrogens with two attached hydrogens (primary N) is 1. The van der Waals surface area contributed by atoms with Gasteiger partial charge in [-0.1, -0.05) is 0 Å². The van der Waals surface area contributed by atoms with E-state index in [0.717, 1.165) is 5.75 Å². The van der Waals surface area contributed by atoms with Crippen LogP contribution in [0.1, 0.15) is 13.8 Å². The van der Waals surface area contributed by atoms with Gasteiger partial charge in [0.05, 0.1) is 6.10 Å². The van der Waals surface area contributed by atoms with Crippen molar-refractivity contribution in [2.75, 3.05) is 5.73 Å². The van der Waals surface area contributed by atoms with Crippen molar-refractivity contribution < 1.29 is 4.74 Å². The number of nitrogens with one attached hydrogen (secondary N) is 1. The van der Waals surface area contributed by atoms with Gasteiger partial charge in [0.15, 0.2) is 5.69 Å². The van der Waals surface area contributed by atoms with Gasteiger partial charge in [-0.2, -0.15) is 9.61 Å². The molecule has 0 atom stereocenters. The summed E-state index contributed by atoms with van der Waals surface area (Å²) in [5.74, 6) is 1.05. The monoisotopic (exact) mass is 286 g/mol. The van der Waals surface area contributed by atoms with Crippen molar-refractivity contribution in [1.29, 1.82) is 0 Å². The Kier molecular flexibility index (Phi) is 3.05. The lowest BCUT2D eigenvalue weighted by molar-refractivity contribution is 0.242. The van der Waals surface area contributed by atoms with Crippen LogP contribution in [0.5, 0.6) is 5.75 Å². The molecule has 108 valence electrons. The summed E-state index contributed by atoms with van der Waals surface area (Å²) < 4.78 is 6.85. The molecule has 0 amide bonds. The van der Waals surface area contributed by atoms with E-state index in [1.165, 1.54) is 4.52 Å². The number of anilines is 1. The lowest BCUT2D eigenvalue weighted by Crippen LogP contribution is -2.16. The quantitative estimate of drug-likeness (QED) is 0.738. The van der Waals surface area contributed by atoms with E-state index in [9.17, 15) is 4.79 Å². The molecule has 3 N–H and O–H groups in total. The number of fused-ring (bicyclic) bond motifs is 1. The van der Waals surface area contributed by atoms with Gasteiger partial charge >= 0.3 is 0 Å². The molecule has 8 heteroatoms. The number of rotatable bonds is 3. The van der Waals surface area contributed by atoms with Gasteiger partial charge in [0.2, 0.25) is 5.95 Å². The fourth-order valence-corrected chi connectivity index (χ4v) is 1.93. The maximum absolute atomic E-state index is 12.0. The highest BCUT2D eigenvalue weighted by Gasteiger charge is 2.11. The number of hydrogen-bond acceptors (Lipinski definition) is 6. The molecule has 0 saturated carbocycles. The maximum Gasteiger partial charge on any atom is 0.279 e. The predicted molar refractivity (Wildman–Crippen MR) is 77.0 cm³/mol. The lowest BCUT2D eigenvalue weighted by atomic mass is 10.1. The molecule has 0 radical (unpaired) electrons. The van der Waals surface area contributed by atoms with E-state index < -0.39 is 0 Å². The fraction of sp³-hybridized carbons (Fsp3) is 0.231. The van der Waals surface area contributed by atoms with E-state index in [4.69, 9.17) is 10.5 Å². The standard InChI is InChI=1S/C13H14N6O2/c1-7(2)21-9-5-3-8(4-6-9)10-11(20)15-13-17-16-12(14)19(13)18-10/h3-7H,1-2H3,(H2,14,16)(H,15,17,20). The van der Waals surface area contributed by atoms with E-state index in [1.54, 1.807) is 24.3 Å². The van der Waals surface area contributed by atoms with Crippen molar-refractivity contribution >= 4 is 11.7 Å².